The Morgan fingerprint density at radius 2 is 1.89 bits per heavy atom. The van der Waals surface area contributed by atoms with Crippen LogP contribution in [0.1, 0.15) is 29.8 Å². The monoisotopic (exact) mass is 384 g/mol. The summed E-state index contributed by atoms with van der Waals surface area (Å²) in [7, 11) is 5.53. The van der Waals surface area contributed by atoms with Gasteiger partial charge in [-0.1, -0.05) is 0 Å². The third-order valence-corrected chi connectivity index (χ3v) is 4.28. The van der Waals surface area contributed by atoms with E-state index < -0.39 is 0 Å². The summed E-state index contributed by atoms with van der Waals surface area (Å²) < 4.78 is 25.4. The average molecular weight is 384 g/mol. The van der Waals surface area contributed by atoms with E-state index >= 15 is 0 Å². The number of carbonyl (C=O) groups excluding carboxylic acids is 1. The molecule has 0 radical (unpaired) electrons. The molecular formula is C22H25FN2O3. The van der Waals surface area contributed by atoms with Crippen molar-refractivity contribution in [1.82, 2.24) is 10.2 Å². The minimum absolute atomic E-state index is 0.00900. The van der Waals surface area contributed by atoms with Gasteiger partial charge in [0.1, 0.15) is 22.9 Å². The molecule has 0 aliphatic heterocycles. The molecular weight excluding hydrogens is 359 g/mol. The summed E-state index contributed by atoms with van der Waals surface area (Å²) in [5.41, 5.74) is 2.60. The summed E-state index contributed by atoms with van der Waals surface area (Å²) in [5.74, 6) is 0.510. The second kappa shape index (κ2) is 8.02. The smallest absolute Gasteiger partial charge is 0.255 e. The number of amides is 1. The van der Waals surface area contributed by atoms with Crippen LogP contribution >= 0.6 is 0 Å². The summed E-state index contributed by atoms with van der Waals surface area (Å²) in [5, 5.41) is 3.33. The van der Waals surface area contributed by atoms with Gasteiger partial charge in [-0.05, 0) is 64.3 Å². The van der Waals surface area contributed by atoms with Crippen LogP contribution in [0, 0.1) is 5.82 Å². The molecule has 1 amide bonds. The minimum atomic E-state index is -0.345. The fourth-order valence-corrected chi connectivity index (χ4v) is 3.15. The topological polar surface area (TPSA) is 54.7 Å². The van der Waals surface area contributed by atoms with E-state index in [1.807, 2.05) is 45.0 Å². The summed E-state index contributed by atoms with van der Waals surface area (Å²) in [4.78, 5) is 14.7. The van der Waals surface area contributed by atoms with Crippen LogP contribution in [-0.4, -0.2) is 38.1 Å². The third kappa shape index (κ3) is 4.02. The van der Waals surface area contributed by atoms with E-state index in [1.54, 1.807) is 19.2 Å². The molecule has 1 heterocycles. The van der Waals surface area contributed by atoms with Crippen molar-refractivity contribution in [3.8, 4) is 17.1 Å². The molecule has 0 aliphatic rings. The van der Waals surface area contributed by atoms with Gasteiger partial charge >= 0.3 is 0 Å². The SMILES string of the molecule is CNC(=O)c1c(-c2ccc(F)cc2)oc2cc(CN(C)C)c(OC(C)C)cc12. The van der Waals surface area contributed by atoms with Gasteiger partial charge in [-0.25, -0.2) is 4.39 Å². The standard InChI is InChI=1S/C22H25FN2O3/c1-13(2)27-18-11-17-19(10-15(18)12-25(4)5)28-21(20(17)22(26)24-3)14-6-8-16(23)9-7-14/h6-11,13H,12H2,1-5H3,(H,24,26). The summed E-state index contributed by atoms with van der Waals surface area (Å²) in [6.07, 6.45) is -0.00900. The van der Waals surface area contributed by atoms with Crippen LogP contribution in [-0.2, 0) is 6.54 Å². The molecule has 2 aromatic carbocycles. The summed E-state index contributed by atoms with van der Waals surface area (Å²) in [6, 6.07) is 9.67. The Labute approximate surface area is 164 Å². The molecule has 0 saturated carbocycles. The molecule has 0 spiro atoms. The number of rotatable bonds is 6. The highest BCUT2D eigenvalue weighted by molar-refractivity contribution is 6.11. The number of halogens is 1. The van der Waals surface area contributed by atoms with Crippen molar-refractivity contribution in [1.29, 1.82) is 0 Å². The third-order valence-electron chi connectivity index (χ3n) is 4.28. The minimum Gasteiger partial charge on any atom is -0.491 e. The molecule has 0 bridgehead atoms. The normalized spacial score (nSPS) is 11.4. The van der Waals surface area contributed by atoms with E-state index in [-0.39, 0.29) is 17.8 Å². The van der Waals surface area contributed by atoms with E-state index in [2.05, 4.69) is 5.32 Å². The lowest BCUT2D eigenvalue weighted by molar-refractivity contribution is 0.0964. The van der Waals surface area contributed by atoms with Crippen LogP contribution in [0.15, 0.2) is 40.8 Å². The maximum atomic E-state index is 13.3. The number of fused-ring (bicyclic) bond motifs is 1. The molecule has 3 aromatic rings. The van der Waals surface area contributed by atoms with Gasteiger partial charge in [0.25, 0.3) is 5.91 Å². The number of nitrogens with one attached hydrogen (secondary N) is 1. The predicted octanol–water partition coefficient (Wildman–Crippen LogP) is 4.45. The predicted molar refractivity (Wildman–Crippen MR) is 108 cm³/mol. The zero-order chi connectivity index (χ0) is 20.4. The van der Waals surface area contributed by atoms with Crippen molar-refractivity contribution in [2.24, 2.45) is 0 Å². The van der Waals surface area contributed by atoms with Crippen molar-refractivity contribution in [2.75, 3.05) is 21.1 Å². The van der Waals surface area contributed by atoms with Crippen molar-refractivity contribution in [3.05, 3.63) is 53.3 Å². The van der Waals surface area contributed by atoms with E-state index in [0.717, 1.165) is 5.56 Å². The highest BCUT2D eigenvalue weighted by atomic mass is 19.1. The molecule has 3 rings (SSSR count). The molecule has 0 atom stereocenters. The van der Waals surface area contributed by atoms with Crippen molar-refractivity contribution >= 4 is 16.9 Å². The zero-order valence-corrected chi connectivity index (χ0v) is 16.8. The van der Waals surface area contributed by atoms with Gasteiger partial charge < -0.3 is 19.4 Å². The Morgan fingerprint density at radius 3 is 2.46 bits per heavy atom. The van der Waals surface area contributed by atoms with Gasteiger partial charge in [0.05, 0.1) is 11.7 Å². The first-order valence-electron chi connectivity index (χ1n) is 9.19. The molecule has 0 saturated heterocycles. The number of hydrogen-bond donors (Lipinski definition) is 1. The van der Waals surface area contributed by atoms with Crippen LogP contribution in [0.5, 0.6) is 5.75 Å². The molecule has 0 aliphatic carbocycles. The second-order valence-electron chi connectivity index (χ2n) is 7.25. The molecule has 1 N–H and O–H groups in total. The lowest BCUT2D eigenvalue weighted by Gasteiger charge is -2.17. The largest absolute Gasteiger partial charge is 0.491 e. The number of hydrogen-bond acceptors (Lipinski definition) is 4. The lowest BCUT2D eigenvalue weighted by Crippen LogP contribution is -2.18. The fraction of sp³-hybridized carbons (Fsp3) is 0.318. The van der Waals surface area contributed by atoms with E-state index in [1.165, 1.54) is 12.1 Å². The van der Waals surface area contributed by atoms with Crippen molar-refractivity contribution in [2.45, 2.75) is 26.5 Å². The van der Waals surface area contributed by atoms with E-state index in [4.69, 9.17) is 9.15 Å². The van der Waals surface area contributed by atoms with Gasteiger partial charge in [-0.3, -0.25) is 4.79 Å². The highest BCUT2D eigenvalue weighted by Crippen LogP contribution is 2.37. The van der Waals surface area contributed by atoms with Gasteiger partial charge in [-0.15, -0.1) is 0 Å². The van der Waals surface area contributed by atoms with Gasteiger partial charge in [0.15, 0.2) is 0 Å². The maximum absolute atomic E-state index is 13.3. The van der Waals surface area contributed by atoms with Crippen molar-refractivity contribution < 1.29 is 18.3 Å². The molecule has 5 nitrogen and oxygen atoms in total. The van der Waals surface area contributed by atoms with Crippen LogP contribution in [0.25, 0.3) is 22.3 Å². The molecule has 1 aromatic heterocycles. The molecule has 0 fully saturated rings. The van der Waals surface area contributed by atoms with Crippen LogP contribution in [0.4, 0.5) is 4.39 Å². The number of ether oxygens (including phenoxy) is 1. The van der Waals surface area contributed by atoms with Gasteiger partial charge in [0.2, 0.25) is 0 Å². The quantitative estimate of drug-likeness (QED) is 0.682. The van der Waals surface area contributed by atoms with E-state index in [0.29, 0.717) is 40.2 Å². The second-order valence-corrected chi connectivity index (χ2v) is 7.25. The summed E-state index contributed by atoms with van der Waals surface area (Å²) in [6.45, 7) is 4.59. The first-order chi connectivity index (χ1) is 13.3. The van der Waals surface area contributed by atoms with Gasteiger partial charge in [0, 0.05) is 30.1 Å². The Balaban J connectivity index is 2.26. The number of nitrogens with zero attached hydrogens (tertiary/aromatic N) is 1. The molecule has 0 unspecified atom stereocenters. The number of benzene rings is 2. The molecule has 6 heteroatoms. The Bertz CT molecular complexity index is 991. The van der Waals surface area contributed by atoms with E-state index in [9.17, 15) is 9.18 Å². The number of furan rings is 1. The first-order valence-corrected chi connectivity index (χ1v) is 9.19. The maximum Gasteiger partial charge on any atom is 0.255 e. The molecule has 148 valence electrons. The Hall–Kier alpha value is -2.86. The number of carbonyl (C=O) groups is 1. The van der Waals surface area contributed by atoms with Gasteiger partial charge in [-0.2, -0.15) is 0 Å². The van der Waals surface area contributed by atoms with Crippen LogP contribution < -0.4 is 10.1 Å². The fourth-order valence-electron chi connectivity index (χ4n) is 3.15. The van der Waals surface area contributed by atoms with Crippen molar-refractivity contribution in [3.63, 3.8) is 0 Å². The average Bonchev–Trinajstić information content (AvgIpc) is 2.99. The Kier molecular flexibility index (Phi) is 5.70. The lowest BCUT2D eigenvalue weighted by atomic mass is 10.0. The molecule has 28 heavy (non-hydrogen) atoms. The van der Waals surface area contributed by atoms with Crippen LogP contribution in [0.3, 0.4) is 0 Å². The van der Waals surface area contributed by atoms with Crippen LogP contribution in [0.2, 0.25) is 0 Å². The zero-order valence-electron chi connectivity index (χ0n) is 16.8. The summed E-state index contributed by atoms with van der Waals surface area (Å²) >= 11 is 0. The highest BCUT2D eigenvalue weighted by Gasteiger charge is 2.23. The first kappa shape index (κ1) is 19.9. The Morgan fingerprint density at radius 1 is 1.21 bits per heavy atom.